The van der Waals surface area contributed by atoms with Crippen molar-refractivity contribution >= 4 is 51.0 Å². The molecular weight excluding hydrogens is 651 g/mol. The highest BCUT2D eigenvalue weighted by atomic mass is 127. The molecule has 41 heavy (non-hydrogen) atoms. The van der Waals surface area contributed by atoms with E-state index < -0.39 is 5.60 Å². The number of amides is 1. The minimum Gasteiger partial charge on any atom is -0.494 e. The van der Waals surface area contributed by atoms with Crippen LogP contribution in [0.5, 0.6) is 5.75 Å². The van der Waals surface area contributed by atoms with E-state index in [1.807, 2.05) is 42.5 Å². The Morgan fingerprint density at radius 1 is 1.12 bits per heavy atom. The van der Waals surface area contributed by atoms with Crippen molar-refractivity contribution in [1.29, 1.82) is 0 Å². The van der Waals surface area contributed by atoms with Gasteiger partial charge in [0.05, 0.1) is 29.1 Å². The van der Waals surface area contributed by atoms with Gasteiger partial charge in [0.1, 0.15) is 11.3 Å². The van der Waals surface area contributed by atoms with Gasteiger partial charge in [0.25, 0.3) is 5.91 Å². The number of fused-ring (bicyclic) bond motifs is 1. The van der Waals surface area contributed by atoms with Gasteiger partial charge in [0.2, 0.25) is 0 Å². The summed E-state index contributed by atoms with van der Waals surface area (Å²) in [6, 6.07) is 15.5. The fraction of sp³-hybridized carbons (Fsp3) is 0.375. The molecule has 0 spiro atoms. The smallest absolute Gasteiger partial charge is 0.251 e. The number of ether oxygens (including phenoxy) is 1. The Morgan fingerprint density at radius 3 is 2.49 bits per heavy atom. The number of pyridine rings is 1. The lowest BCUT2D eigenvalue weighted by Gasteiger charge is -2.25. The summed E-state index contributed by atoms with van der Waals surface area (Å²) in [5.41, 5.74) is 3.95. The highest BCUT2D eigenvalue weighted by Gasteiger charge is 2.35. The molecule has 0 saturated heterocycles. The number of hydrogen-bond donors (Lipinski definition) is 2. The maximum atomic E-state index is 13.5. The van der Waals surface area contributed by atoms with E-state index in [0.717, 1.165) is 51.6 Å². The maximum Gasteiger partial charge on any atom is 0.251 e. The molecule has 212 valence electrons. The minimum absolute atomic E-state index is 0.0189. The Balaban J connectivity index is 1.31. The standard InChI is InChI=1S/C32H32ClIN4O3/c1-32(2,40)24-15-26(36-30(28(24)33)19-8-10-22(34)11-9-19)23(17-4-5-17)16-35-31(39)21-12-20-13-25(18-6-7-18)37-38-29(20)27(14-21)41-3/h8-15,17-18,23,40H,4-7,16H2,1-3H3,(H,35,39). The predicted octanol–water partition coefficient (Wildman–Crippen LogP) is 6.99. The van der Waals surface area contributed by atoms with Crippen molar-refractivity contribution in [2.45, 2.75) is 57.0 Å². The van der Waals surface area contributed by atoms with Gasteiger partial charge in [-0.25, -0.2) is 0 Å². The van der Waals surface area contributed by atoms with Crippen LogP contribution in [0.15, 0.2) is 48.5 Å². The molecular formula is C32H32ClIN4O3. The number of nitrogens with one attached hydrogen (secondary N) is 1. The summed E-state index contributed by atoms with van der Waals surface area (Å²) in [5.74, 6) is 1.17. The van der Waals surface area contributed by atoms with Gasteiger partial charge < -0.3 is 15.2 Å². The van der Waals surface area contributed by atoms with Gasteiger partial charge in [-0.15, -0.1) is 5.10 Å². The van der Waals surface area contributed by atoms with Crippen LogP contribution in [0.3, 0.4) is 0 Å². The molecule has 2 fully saturated rings. The summed E-state index contributed by atoms with van der Waals surface area (Å²) < 4.78 is 6.68. The van der Waals surface area contributed by atoms with Crippen LogP contribution in [0.2, 0.25) is 5.02 Å². The van der Waals surface area contributed by atoms with E-state index in [0.29, 0.717) is 51.5 Å². The first-order valence-electron chi connectivity index (χ1n) is 13.9. The zero-order valence-electron chi connectivity index (χ0n) is 23.2. The quantitative estimate of drug-likeness (QED) is 0.185. The summed E-state index contributed by atoms with van der Waals surface area (Å²) in [5, 5.41) is 24.2. The van der Waals surface area contributed by atoms with Gasteiger partial charge in [0, 0.05) is 49.7 Å². The number of methoxy groups -OCH3 is 1. The molecule has 0 radical (unpaired) electrons. The first kappa shape index (κ1) is 28.3. The fourth-order valence-electron chi connectivity index (χ4n) is 5.31. The van der Waals surface area contributed by atoms with E-state index in [1.54, 1.807) is 27.0 Å². The van der Waals surface area contributed by atoms with E-state index in [1.165, 1.54) is 0 Å². The summed E-state index contributed by atoms with van der Waals surface area (Å²) in [4.78, 5) is 18.5. The number of aliphatic hydroxyl groups is 1. The van der Waals surface area contributed by atoms with E-state index in [-0.39, 0.29) is 11.8 Å². The summed E-state index contributed by atoms with van der Waals surface area (Å²) >= 11 is 9.11. The molecule has 4 aromatic rings. The van der Waals surface area contributed by atoms with Crippen molar-refractivity contribution in [1.82, 2.24) is 20.5 Å². The monoisotopic (exact) mass is 682 g/mol. The van der Waals surface area contributed by atoms with Crippen molar-refractivity contribution < 1.29 is 14.6 Å². The van der Waals surface area contributed by atoms with Crippen molar-refractivity contribution in [2.24, 2.45) is 5.92 Å². The number of halogens is 2. The molecule has 6 rings (SSSR count). The third-order valence-electron chi connectivity index (χ3n) is 7.96. The fourth-order valence-corrected chi connectivity index (χ4v) is 6.10. The molecule has 1 atom stereocenters. The molecule has 1 amide bonds. The summed E-state index contributed by atoms with van der Waals surface area (Å²) in [6.07, 6.45) is 4.38. The van der Waals surface area contributed by atoms with Gasteiger partial charge in [0.15, 0.2) is 0 Å². The normalized spacial score (nSPS) is 16.0. The lowest BCUT2D eigenvalue weighted by atomic mass is 9.91. The van der Waals surface area contributed by atoms with Gasteiger partial charge in [-0.1, -0.05) is 23.7 Å². The first-order valence-corrected chi connectivity index (χ1v) is 15.4. The number of aromatic nitrogens is 3. The van der Waals surface area contributed by atoms with Crippen LogP contribution in [0.25, 0.3) is 22.2 Å². The van der Waals surface area contributed by atoms with E-state index in [2.05, 4.69) is 38.1 Å². The molecule has 7 nitrogen and oxygen atoms in total. The van der Waals surface area contributed by atoms with E-state index in [4.69, 9.17) is 21.3 Å². The number of nitrogens with zero attached hydrogens (tertiary/aromatic N) is 3. The van der Waals surface area contributed by atoms with Crippen LogP contribution in [0, 0.1) is 9.49 Å². The first-order chi connectivity index (χ1) is 19.6. The summed E-state index contributed by atoms with van der Waals surface area (Å²) in [7, 11) is 1.58. The largest absolute Gasteiger partial charge is 0.494 e. The second-order valence-electron chi connectivity index (χ2n) is 11.6. The molecule has 2 aliphatic carbocycles. The predicted molar refractivity (Wildman–Crippen MR) is 169 cm³/mol. The zero-order valence-corrected chi connectivity index (χ0v) is 26.2. The van der Waals surface area contributed by atoms with Crippen molar-refractivity contribution in [3.05, 3.63) is 79.6 Å². The van der Waals surface area contributed by atoms with Gasteiger partial charge in [-0.3, -0.25) is 9.78 Å². The Kier molecular flexibility index (Phi) is 7.67. The van der Waals surface area contributed by atoms with Gasteiger partial charge in [-0.05, 0) is 104 Å². The number of hydrogen-bond acceptors (Lipinski definition) is 6. The van der Waals surface area contributed by atoms with Gasteiger partial charge in [-0.2, -0.15) is 5.10 Å². The molecule has 0 bridgehead atoms. The van der Waals surface area contributed by atoms with E-state index in [9.17, 15) is 9.90 Å². The Hall–Kier alpha value is -2.82. The Labute approximate surface area is 258 Å². The number of carbonyl (C=O) groups is 1. The summed E-state index contributed by atoms with van der Waals surface area (Å²) in [6.45, 7) is 3.88. The van der Waals surface area contributed by atoms with Crippen LogP contribution in [0.4, 0.5) is 0 Å². The molecule has 2 N–H and O–H groups in total. The Morgan fingerprint density at radius 2 is 1.85 bits per heavy atom. The molecule has 2 heterocycles. The molecule has 2 aliphatic rings. The molecule has 9 heteroatoms. The van der Waals surface area contributed by atoms with Crippen LogP contribution in [0.1, 0.15) is 78.7 Å². The van der Waals surface area contributed by atoms with Crippen molar-refractivity contribution in [3.63, 3.8) is 0 Å². The number of carbonyl (C=O) groups excluding carboxylic acids is 1. The molecule has 2 aromatic heterocycles. The SMILES string of the molecule is COc1cc(C(=O)NCC(c2cc(C(C)(C)O)c(Cl)c(-c3ccc(I)cc3)n2)C2CC2)cc2cc(C3CC3)nnc12. The van der Waals surface area contributed by atoms with Crippen LogP contribution >= 0.6 is 34.2 Å². The molecule has 0 aliphatic heterocycles. The molecule has 2 saturated carbocycles. The Bertz CT molecular complexity index is 1630. The number of benzene rings is 2. The van der Waals surface area contributed by atoms with Gasteiger partial charge >= 0.3 is 0 Å². The zero-order chi connectivity index (χ0) is 28.9. The van der Waals surface area contributed by atoms with E-state index >= 15 is 0 Å². The van der Waals surface area contributed by atoms with Crippen molar-refractivity contribution in [3.8, 4) is 17.0 Å². The van der Waals surface area contributed by atoms with Crippen LogP contribution in [-0.2, 0) is 5.60 Å². The average Bonchev–Trinajstić information content (AvgIpc) is 3.87. The lowest BCUT2D eigenvalue weighted by molar-refractivity contribution is 0.0784. The van der Waals surface area contributed by atoms with Crippen molar-refractivity contribution in [2.75, 3.05) is 13.7 Å². The third-order valence-corrected chi connectivity index (χ3v) is 9.06. The molecule has 2 aromatic carbocycles. The molecule has 1 unspecified atom stereocenters. The average molecular weight is 683 g/mol. The second-order valence-corrected chi connectivity index (χ2v) is 13.3. The van der Waals surface area contributed by atoms with Crippen LogP contribution in [-0.4, -0.2) is 39.8 Å². The number of rotatable bonds is 9. The maximum absolute atomic E-state index is 13.5. The lowest BCUT2D eigenvalue weighted by Crippen LogP contribution is -2.30. The highest BCUT2D eigenvalue weighted by Crippen LogP contribution is 2.45. The third kappa shape index (κ3) is 6.05. The van der Waals surface area contributed by atoms with Crippen LogP contribution < -0.4 is 10.1 Å². The minimum atomic E-state index is -1.16. The topological polar surface area (TPSA) is 97.2 Å². The highest BCUT2D eigenvalue weighted by molar-refractivity contribution is 14.1. The second kappa shape index (κ2) is 11.1.